The van der Waals surface area contributed by atoms with Crippen LogP contribution in [-0.2, 0) is 15.6 Å². The number of nitrogens with zero attached hydrogens (tertiary/aromatic N) is 2. The molecule has 0 amide bonds. The van der Waals surface area contributed by atoms with Crippen molar-refractivity contribution in [3.63, 3.8) is 0 Å². The van der Waals surface area contributed by atoms with E-state index in [0.29, 0.717) is 0 Å². The Morgan fingerprint density at radius 2 is 2.07 bits per heavy atom. The van der Waals surface area contributed by atoms with Gasteiger partial charge in [0.05, 0.1) is 5.52 Å². The molecule has 2 heterocycles. The molecule has 4 nitrogen and oxygen atoms in total. The topological polar surface area (TPSA) is 36.3 Å². The lowest BCUT2D eigenvalue weighted by Crippen LogP contribution is -2.41. The van der Waals surface area contributed by atoms with Gasteiger partial charge in [-0.05, 0) is 83.9 Å². The molecular formula is C21H32BrClN2O2Si. The Labute approximate surface area is 183 Å². The fourth-order valence-electron chi connectivity index (χ4n) is 3.30. The van der Waals surface area contributed by atoms with Crippen LogP contribution < -0.4 is 0 Å². The molecule has 3 rings (SSSR count). The Morgan fingerprint density at radius 1 is 1.32 bits per heavy atom. The van der Waals surface area contributed by atoms with Crippen LogP contribution in [0.5, 0.6) is 0 Å². The maximum Gasteiger partial charge on any atom is 0.191 e. The Balaban J connectivity index is 1.71. The third-order valence-corrected chi connectivity index (χ3v) is 11.6. The molecule has 1 aliphatic rings. The van der Waals surface area contributed by atoms with Gasteiger partial charge in [-0.25, -0.2) is 4.68 Å². The zero-order valence-corrected chi connectivity index (χ0v) is 21.0. The molecule has 1 aromatic heterocycles. The van der Waals surface area contributed by atoms with E-state index in [0.717, 1.165) is 65.0 Å². The van der Waals surface area contributed by atoms with Crippen LogP contribution in [0.25, 0.3) is 10.9 Å². The molecule has 1 fully saturated rings. The summed E-state index contributed by atoms with van der Waals surface area (Å²) in [4.78, 5) is 0. The molecule has 0 radical (unpaired) electrons. The molecular weight excluding hydrogens is 456 g/mol. The van der Waals surface area contributed by atoms with Crippen molar-refractivity contribution in [1.82, 2.24) is 9.78 Å². The second-order valence-electron chi connectivity index (χ2n) is 9.23. The molecule has 0 saturated carbocycles. The number of aryl methyl sites for hydroxylation is 1. The van der Waals surface area contributed by atoms with Crippen LogP contribution in [-0.4, -0.2) is 31.3 Å². The van der Waals surface area contributed by atoms with Crippen molar-refractivity contribution < 1.29 is 9.16 Å². The summed E-state index contributed by atoms with van der Waals surface area (Å²) in [7, 11) is -1.69. The minimum atomic E-state index is -1.69. The van der Waals surface area contributed by atoms with E-state index in [2.05, 4.69) is 61.0 Å². The third-order valence-electron chi connectivity index (χ3n) is 6.12. The van der Waals surface area contributed by atoms with Crippen LogP contribution in [0, 0.1) is 0 Å². The molecule has 0 N–H and O–H groups in total. The van der Waals surface area contributed by atoms with E-state index in [1.165, 1.54) is 6.42 Å². The highest BCUT2D eigenvalue weighted by atomic mass is 79.9. The van der Waals surface area contributed by atoms with Crippen molar-refractivity contribution in [3.05, 3.63) is 27.3 Å². The predicted octanol–water partition coefficient (Wildman–Crippen LogP) is 7.11. The lowest BCUT2D eigenvalue weighted by atomic mass is 10.1. The summed E-state index contributed by atoms with van der Waals surface area (Å²) in [6.45, 7) is 13.0. The van der Waals surface area contributed by atoms with Crippen LogP contribution in [0.2, 0.25) is 23.2 Å². The standard InChI is InChI=1S/C21H32BrClN2O2Si/c1-21(2,3)28(4,5)27-12-8-9-15-13-16-18(14-17(15)23)25(24-20(16)22)19-10-6-7-11-26-19/h13-14,19H,6-12H2,1-5H3. The predicted molar refractivity (Wildman–Crippen MR) is 123 cm³/mol. The normalized spacial score (nSPS) is 18.8. The minimum absolute atomic E-state index is 0.00227. The van der Waals surface area contributed by atoms with E-state index >= 15 is 0 Å². The highest BCUT2D eigenvalue weighted by Crippen LogP contribution is 2.37. The van der Waals surface area contributed by atoms with Gasteiger partial charge in [-0.1, -0.05) is 32.4 Å². The molecule has 1 unspecified atom stereocenters. The highest BCUT2D eigenvalue weighted by molar-refractivity contribution is 9.10. The van der Waals surface area contributed by atoms with Crippen molar-refractivity contribution in [2.75, 3.05) is 13.2 Å². The van der Waals surface area contributed by atoms with Gasteiger partial charge in [-0.2, -0.15) is 5.10 Å². The van der Waals surface area contributed by atoms with E-state index in [9.17, 15) is 0 Å². The Hall–Kier alpha value is -0.403. The van der Waals surface area contributed by atoms with Crippen LogP contribution in [0.4, 0.5) is 0 Å². The van der Waals surface area contributed by atoms with Crippen LogP contribution in [0.15, 0.2) is 16.7 Å². The summed E-state index contributed by atoms with van der Waals surface area (Å²) >= 11 is 10.3. The minimum Gasteiger partial charge on any atom is -0.417 e. The number of hydrogen-bond acceptors (Lipinski definition) is 3. The second-order valence-corrected chi connectivity index (χ2v) is 15.2. The zero-order valence-electron chi connectivity index (χ0n) is 17.6. The second kappa shape index (κ2) is 8.76. The fraction of sp³-hybridized carbons (Fsp3) is 0.667. The summed E-state index contributed by atoms with van der Waals surface area (Å²) in [6, 6.07) is 4.21. The highest BCUT2D eigenvalue weighted by Gasteiger charge is 2.36. The van der Waals surface area contributed by atoms with Crippen LogP contribution in [0.3, 0.4) is 0 Å². The van der Waals surface area contributed by atoms with Crippen LogP contribution in [0.1, 0.15) is 58.2 Å². The van der Waals surface area contributed by atoms with Gasteiger partial charge in [0.2, 0.25) is 0 Å². The van der Waals surface area contributed by atoms with Crippen LogP contribution >= 0.6 is 27.5 Å². The van der Waals surface area contributed by atoms with Crippen molar-refractivity contribution >= 4 is 46.8 Å². The first-order valence-electron chi connectivity index (χ1n) is 10.2. The molecule has 1 aromatic carbocycles. The third kappa shape index (κ3) is 4.83. The molecule has 0 aliphatic carbocycles. The smallest absolute Gasteiger partial charge is 0.191 e. The summed E-state index contributed by atoms with van der Waals surface area (Å²) in [5.74, 6) is 0. The van der Waals surface area contributed by atoms with Crippen molar-refractivity contribution in [3.8, 4) is 0 Å². The molecule has 28 heavy (non-hydrogen) atoms. The summed E-state index contributed by atoms with van der Waals surface area (Å²) in [6.07, 6.45) is 5.16. The molecule has 0 bridgehead atoms. The number of benzene rings is 1. The average Bonchev–Trinajstić information content (AvgIpc) is 2.94. The molecule has 1 aliphatic heterocycles. The lowest BCUT2D eigenvalue weighted by molar-refractivity contribution is -0.0368. The van der Waals surface area contributed by atoms with Crippen molar-refractivity contribution in [2.24, 2.45) is 0 Å². The fourth-order valence-corrected chi connectivity index (χ4v) is 5.13. The molecule has 0 spiro atoms. The number of rotatable bonds is 6. The maximum absolute atomic E-state index is 6.64. The Kier molecular flexibility index (Phi) is 6.97. The van der Waals surface area contributed by atoms with Gasteiger partial charge >= 0.3 is 0 Å². The van der Waals surface area contributed by atoms with Gasteiger partial charge in [-0.15, -0.1) is 0 Å². The van der Waals surface area contributed by atoms with Gasteiger partial charge in [0, 0.05) is 23.6 Å². The lowest BCUT2D eigenvalue weighted by Gasteiger charge is -2.36. The van der Waals surface area contributed by atoms with Crippen molar-refractivity contribution in [2.45, 2.75) is 77.2 Å². The Morgan fingerprint density at radius 3 is 2.71 bits per heavy atom. The van der Waals surface area contributed by atoms with Gasteiger partial charge in [0.15, 0.2) is 14.5 Å². The van der Waals surface area contributed by atoms with Gasteiger partial charge in [0.1, 0.15) is 4.60 Å². The maximum atomic E-state index is 6.64. The SMILES string of the molecule is CC(C)(C)[Si](C)(C)OCCCc1cc2c(Br)nn(C3CCCCO3)c2cc1Cl. The van der Waals surface area contributed by atoms with E-state index < -0.39 is 8.32 Å². The quantitative estimate of drug-likeness (QED) is 0.322. The molecule has 1 atom stereocenters. The van der Waals surface area contributed by atoms with Gasteiger partial charge < -0.3 is 9.16 Å². The number of fused-ring (bicyclic) bond motifs is 1. The van der Waals surface area contributed by atoms with Gasteiger partial charge in [-0.3, -0.25) is 0 Å². The number of aromatic nitrogens is 2. The summed E-state index contributed by atoms with van der Waals surface area (Å²) in [5.41, 5.74) is 2.18. The summed E-state index contributed by atoms with van der Waals surface area (Å²) in [5, 5.41) is 6.81. The van der Waals surface area contributed by atoms with E-state index in [1.807, 2.05) is 10.7 Å². The average molecular weight is 488 g/mol. The largest absolute Gasteiger partial charge is 0.417 e. The van der Waals surface area contributed by atoms with E-state index in [-0.39, 0.29) is 11.3 Å². The van der Waals surface area contributed by atoms with E-state index in [4.69, 9.17) is 20.8 Å². The monoisotopic (exact) mass is 486 g/mol. The molecule has 2 aromatic rings. The zero-order chi connectivity index (χ0) is 20.5. The first-order chi connectivity index (χ1) is 13.1. The summed E-state index contributed by atoms with van der Waals surface area (Å²) < 4.78 is 15.1. The van der Waals surface area contributed by atoms with Gasteiger partial charge in [0.25, 0.3) is 0 Å². The van der Waals surface area contributed by atoms with Crippen molar-refractivity contribution in [1.29, 1.82) is 0 Å². The first-order valence-corrected chi connectivity index (χ1v) is 14.3. The Bertz CT molecular complexity index is 826. The first kappa shape index (κ1) is 22.3. The molecule has 7 heteroatoms. The number of halogens is 2. The molecule has 156 valence electrons. The number of ether oxygens (including phenoxy) is 1. The number of hydrogen-bond donors (Lipinski definition) is 0. The molecule has 1 saturated heterocycles. The van der Waals surface area contributed by atoms with E-state index in [1.54, 1.807) is 0 Å².